The number of nitrogens with one attached hydrogen (secondary N) is 1. The lowest BCUT2D eigenvalue weighted by atomic mass is 10.0. The van der Waals surface area contributed by atoms with Gasteiger partial charge in [-0.25, -0.2) is 13.8 Å². The van der Waals surface area contributed by atoms with Crippen molar-refractivity contribution in [2.45, 2.75) is 0 Å². The van der Waals surface area contributed by atoms with Crippen molar-refractivity contribution in [3.63, 3.8) is 0 Å². The summed E-state index contributed by atoms with van der Waals surface area (Å²) >= 11 is 6.90. The number of thiazole rings is 1. The molecule has 0 atom stereocenters. The summed E-state index contributed by atoms with van der Waals surface area (Å²) in [7, 11) is 0. The van der Waals surface area contributed by atoms with Gasteiger partial charge in [0.05, 0.1) is 22.8 Å². The van der Waals surface area contributed by atoms with Crippen LogP contribution in [0.3, 0.4) is 0 Å². The standard InChI is InChI=1S/C20H11ClF2N4O2S/c21-12-4-11(5-13(22)6-12)18-17(14-3-1-2-10(7-24)16(14)23)26-19(30-18)20(29)27-8-15(28)25-9-27/h1-6H,8-9H2,(H,25,28). The Labute approximate surface area is 178 Å². The second-order valence-corrected chi connectivity index (χ2v) is 7.83. The molecule has 2 amide bonds. The second-order valence-electron chi connectivity index (χ2n) is 6.39. The van der Waals surface area contributed by atoms with Crippen molar-refractivity contribution in [2.75, 3.05) is 13.2 Å². The van der Waals surface area contributed by atoms with E-state index in [2.05, 4.69) is 10.3 Å². The third-order valence-corrected chi connectivity index (χ3v) is 5.71. The summed E-state index contributed by atoms with van der Waals surface area (Å²) in [5.74, 6) is -2.23. The highest BCUT2D eigenvalue weighted by molar-refractivity contribution is 7.17. The molecule has 1 saturated heterocycles. The molecule has 2 heterocycles. The summed E-state index contributed by atoms with van der Waals surface area (Å²) in [5, 5.41) is 11.8. The minimum Gasteiger partial charge on any atom is -0.337 e. The van der Waals surface area contributed by atoms with Crippen LogP contribution in [-0.4, -0.2) is 34.9 Å². The third kappa shape index (κ3) is 3.63. The lowest BCUT2D eigenvalue weighted by Gasteiger charge is -2.10. The van der Waals surface area contributed by atoms with Gasteiger partial charge in [-0.1, -0.05) is 17.7 Å². The van der Waals surface area contributed by atoms with Gasteiger partial charge in [0.15, 0.2) is 5.01 Å². The van der Waals surface area contributed by atoms with Crippen molar-refractivity contribution in [1.82, 2.24) is 15.2 Å². The summed E-state index contributed by atoms with van der Waals surface area (Å²) in [6.07, 6.45) is 0. The maximum atomic E-state index is 14.9. The van der Waals surface area contributed by atoms with Gasteiger partial charge in [-0.05, 0) is 35.9 Å². The predicted octanol–water partition coefficient (Wildman–Crippen LogP) is 3.81. The molecule has 4 rings (SSSR count). The number of hydrogen-bond acceptors (Lipinski definition) is 5. The van der Waals surface area contributed by atoms with Gasteiger partial charge in [0.2, 0.25) is 5.91 Å². The summed E-state index contributed by atoms with van der Waals surface area (Å²) < 4.78 is 28.8. The van der Waals surface area contributed by atoms with Gasteiger partial charge < -0.3 is 10.2 Å². The number of nitrogens with zero attached hydrogens (tertiary/aromatic N) is 3. The number of carbonyl (C=O) groups excluding carboxylic acids is 2. The van der Waals surface area contributed by atoms with Crippen LogP contribution in [0.2, 0.25) is 5.02 Å². The van der Waals surface area contributed by atoms with Gasteiger partial charge in [-0.15, -0.1) is 11.3 Å². The number of nitriles is 1. The fraction of sp³-hybridized carbons (Fsp3) is 0.100. The van der Waals surface area contributed by atoms with Crippen molar-refractivity contribution in [3.8, 4) is 27.8 Å². The molecule has 0 aliphatic carbocycles. The zero-order valence-corrected chi connectivity index (χ0v) is 16.7. The molecule has 1 aliphatic heterocycles. The normalized spacial score (nSPS) is 13.3. The Morgan fingerprint density at radius 3 is 2.77 bits per heavy atom. The average Bonchev–Trinajstić information content (AvgIpc) is 3.33. The van der Waals surface area contributed by atoms with E-state index in [0.29, 0.717) is 10.4 Å². The minimum absolute atomic E-state index is 0.00126. The van der Waals surface area contributed by atoms with Gasteiger partial charge in [-0.3, -0.25) is 9.59 Å². The van der Waals surface area contributed by atoms with Crippen LogP contribution in [0, 0.1) is 23.0 Å². The fourth-order valence-corrected chi connectivity index (χ4v) is 4.28. The van der Waals surface area contributed by atoms with Gasteiger partial charge in [0.1, 0.15) is 24.2 Å². The van der Waals surface area contributed by atoms with Crippen LogP contribution >= 0.6 is 22.9 Å². The Hall–Kier alpha value is -3.35. The van der Waals surface area contributed by atoms with Gasteiger partial charge >= 0.3 is 0 Å². The minimum atomic E-state index is -0.800. The maximum Gasteiger partial charge on any atom is 0.284 e. The lowest BCUT2D eigenvalue weighted by Crippen LogP contribution is -2.29. The largest absolute Gasteiger partial charge is 0.337 e. The molecule has 1 aliphatic rings. The second kappa shape index (κ2) is 7.82. The van der Waals surface area contributed by atoms with E-state index in [0.717, 1.165) is 17.4 Å². The molecule has 10 heteroatoms. The molecule has 0 unspecified atom stereocenters. The van der Waals surface area contributed by atoms with Crippen LogP contribution in [0.5, 0.6) is 0 Å². The monoisotopic (exact) mass is 444 g/mol. The molecule has 0 radical (unpaired) electrons. The van der Waals surface area contributed by atoms with E-state index in [-0.39, 0.29) is 46.0 Å². The number of aromatic nitrogens is 1. The topological polar surface area (TPSA) is 86.1 Å². The molecule has 1 N–H and O–H groups in total. The van der Waals surface area contributed by atoms with E-state index in [9.17, 15) is 18.4 Å². The van der Waals surface area contributed by atoms with E-state index in [4.69, 9.17) is 16.9 Å². The summed E-state index contributed by atoms with van der Waals surface area (Å²) in [4.78, 5) is 30.1. The number of carbonyl (C=O) groups is 2. The fourth-order valence-electron chi connectivity index (χ4n) is 3.02. The lowest BCUT2D eigenvalue weighted by molar-refractivity contribution is -0.118. The molecule has 6 nitrogen and oxygen atoms in total. The molecule has 1 fully saturated rings. The summed E-state index contributed by atoms with van der Waals surface area (Å²) in [5.41, 5.74) is 0.198. The molecule has 0 bridgehead atoms. The van der Waals surface area contributed by atoms with E-state index < -0.39 is 17.5 Å². The Morgan fingerprint density at radius 2 is 2.10 bits per heavy atom. The smallest absolute Gasteiger partial charge is 0.284 e. The van der Waals surface area contributed by atoms with Gasteiger partial charge in [0, 0.05) is 10.6 Å². The molecule has 0 spiro atoms. The van der Waals surface area contributed by atoms with Crippen LogP contribution in [0.25, 0.3) is 21.7 Å². The Bertz CT molecular complexity index is 1220. The van der Waals surface area contributed by atoms with E-state index in [1.165, 1.54) is 35.2 Å². The maximum absolute atomic E-state index is 14.9. The van der Waals surface area contributed by atoms with Crippen molar-refractivity contribution in [1.29, 1.82) is 5.26 Å². The SMILES string of the molecule is N#Cc1cccc(-c2nc(C(=O)N3CNC(=O)C3)sc2-c2cc(F)cc(Cl)c2)c1F. The van der Waals surface area contributed by atoms with E-state index in [1.807, 2.05) is 0 Å². The molecule has 30 heavy (non-hydrogen) atoms. The predicted molar refractivity (Wildman–Crippen MR) is 107 cm³/mol. The zero-order chi connectivity index (χ0) is 21.4. The third-order valence-electron chi connectivity index (χ3n) is 4.40. The number of halogens is 3. The highest BCUT2D eigenvalue weighted by Crippen LogP contribution is 2.40. The molecule has 2 aromatic carbocycles. The van der Waals surface area contributed by atoms with Crippen molar-refractivity contribution in [2.24, 2.45) is 0 Å². The highest BCUT2D eigenvalue weighted by Gasteiger charge is 2.29. The molecule has 3 aromatic rings. The number of benzene rings is 2. The van der Waals surface area contributed by atoms with E-state index in [1.54, 1.807) is 6.07 Å². The van der Waals surface area contributed by atoms with Crippen molar-refractivity contribution in [3.05, 3.63) is 63.6 Å². The highest BCUT2D eigenvalue weighted by atomic mass is 35.5. The quantitative estimate of drug-likeness (QED) is 0.665. The van der Waals surface area contributed by atoms with Crippen LogP contribution in [0.4, 0.5) is 8.78 Å². The first-order valence-electron chi connectivity index (χ1n) is 8.59. The molecule has 0 saturated carbocycles. The number of hydrogen-bond donors (Lipinski definition) is 1. The number of rotatable bonds is 3. The first-order chi connectivity index (χ1) is 14.4. The first kappa shape index (κ1) is 19.9. The Morgan fingerprint density at radius 1 is 1.30 bits per heavy atom. The first-order valence-corrected chi connectivity index (χ1v) is 9.79. The van der Waals surface area contributed by atoms with Crippen LogP contribution in [0.1, 0.15) is 15.4 Å². The summed E-state index contributed by atoms with van der Waals surface area (Å²) in [6.45, 7) is -0.0842. The van der Waals surface area contributed by atoms with Crippen molar-refractivity contribution >= 4 is 34.8 Å². The Kier molecular flexibility index (Phi) is 5.20. The van der Waals surface area contributed by atoms with Crippen LogP contribution in [-0.2, 0) is 4.79 Å². The molecule has 150 valence electrons. The molecular weight excluding hydrogens is 434 g/mol. The van der Waals surface area contributed by atoms with Crippen LogP contribution < -0.4 is 5.32 Å². The average molecular weight is 445 g/mol. The summed E-state index contributed by atoms with van der Waals surface area (Å²) in [6, 6.07) is 9.78. The Balaban J connectivity index is 1.90. The van der Waals surface area contributed by atoms with E-state index >= 15 is 0 Å². The van der Waals surface area contributed by atoms with Gasteiger partial charge in [-0.2, -0.15) is 5.26 Å². The van der Waals surface area contributed by atoms with Crippen LogP contribution in [0.15, 0.2) is 36.4 Å². The van der Waals surface area contributed by atoms with Crippen molar-refractivity contribution < 1.29 is 18.4 Å². The molecule has 1 aromatic heterocycles. The van der Waals surface area contributed by atoms with Gasteiger partial charge in [0.25, 0.3) is 5.91 Å². The molecular formula is C20H11ClF2N4O2S. The zero-order valence-electron chi connectivity index (χ0n) is 15.1. The number of amides is 2.